The van der Waals surface area contributed by atoms with Gasteiger partial charge in [0.05, 0.1) is 65.0 Å². The highest BCUT2D eigenvalue weighted by Crippen LogP contribution is 2.12. The summed E-state index contributed by atoms with van der Waals surface area (Å²) in [6, 6.07) is 8.91. The van der Waals surface area contributed by atoms with Crippen molar-refractivity contribution in [3.8, 4) is 0 Å². The van der Waals surface area contributed by atoms with E-state index < -0.39 is 0 Å². The SMILES string of the molecule is CCCCCCCCCCCCCCCOCCOCCOCCOCCOCCOC(=O)c1ccccc1. The lowest BCUT2D eigenvalue weighted by Crippen LogP contribution is -2.15. The molecule has 39 heavy (non-hydrogen) atoms. The van der Waals surface area contributed by atoms with Crippen LogP contribution in [0.1, 0.15) is 101 Å². The fourth-order valence-electron chi connectivity index (χ4n) is 4.05. The second-order valence-electron chi connectivity index (χ2n) is 9.81. The van der Waals surface area contributed by atoms with Gasteiger partial charge in [-0.15, -0.1) is 0 Å². The molecule has 0 saturated carbocycles. The highest BCUT2D eigenvalue weighted by molar-refractivity contribution is 5.89. The average molecular weight is 553 g/mol. The smallest absolute Gasteiger partial charge is 0.338 e. The van der Waals surface area contributed by atoms with Crippen LogP contribution in [0.15, 0.2) is 30.3 Å². The normalized spacial score (nSPS) is 11.2. The van der Waals surface area contributed by atoms with Crippen molar-refractivity contribution in [1.82, 2.24) is 0 Å². The van der Waals surface area contributed by atoms with E-state index in [1.807, 2.05) is 6.07 Å². The van der Waals surface area contributed by atoms with Crippen LogP contribution in [0.5, 0.6) is 0 Å². The number of carbonyl (C=O) groups excluding carboxylic acids is 1. The van der Waals surface area contributed by atoms with E-state index in [0.717, 1.165) is 13.0 Å². The summed E-state index contributed by atoms with van der Waals surface area (Å²) in [6.07, 6.45) is 17.8. The Morgan fingerprint density at radius 1 is 0.462 bits per heavy atom. The molecule has 0 amide bonds. The predicted molar refractivity (Wildman–Crippen MR) is 157 cm³/mol. The molecule has 0 radical (unpaired) electrons. The van der Waals surface area contributed by atoms with Crippen LogP contribution in [0.4, 0.5) is 0 Å². The fourth-order valence-corrected chi connectivity index (χ4v) is 4.05. The monoisotopic (exact) mass is 552 g/mol. The summed E-state index contributed by atoms with van der Waals surface area (Å²) in [7, 11) is 0. The molecule has 226 valence electrons. The molecule has 0 heterocycles. The quantitative estimate of drug-likeness (QED) is 0.0750. The Bertz CT molecular complexity index is 626. The molecule has 0 fully saturated rings. The lowest BCUT2D eigenvalue weighted by molar-refractivity contribution is -0.0153. The first-order valence-corrected chi connectivity index (χ1v) is 15.5. The number of rotatable bonds is 30. The molecule has 0 saturated heterocycles. The summed E-state index contributed by atoms with van der Waals surface area (Å²) in [6.45, 7) is 8.00. The summed E-state index contributed by atoms with van der Waals surface area (Å²) in [5.74, 6) is -0.339. The summed E-state index contributed by atoms with van der Waals surface area (Å²) >= 11 is 0. The zero-order chi connectivity index (χ0) is 27.9. The van der Waals surface area contributed by atoms with Crippen LogP contribution in [0.25, 0.3) is 0 Å². The maximum Gasteiger partial charge on any atom is 0.338 e. The highest BCUT2D eigenvalue weighted by Gasteiger charge is 2.05. The molecule has 0 atom stereocenters. The van der Waals surface area contributed by atoms with Crippen LogP contribution in [-0.2, 0) is 28.4 Å². The standard InChI is InChI=1S/C32H56O7/c1-2-3-4-5-6-7-8-9-10-11-12-13-17-20-34-21-22-35-23-24-36-25-26-37-27-28-38-29-30-39-32(33)31-18-15-14-16-19-31/h14-16,18-19H,2-13,17,20-30H2,1H3. The number of carbonyl (C=O) groups is 1. The molecule has 0 unspecified atom stereocenters. The molecule has 0 aliphatic carbocycles. The van der Waals surface area contributed by atoms with Gasteiger partial charge in [-0.2, -0.15) is 0 Å². The third kappa shape index (κ3) is 25.2. The van der Waals surface area contributed by atoms with Crippen molar-refractivity contribution in [3.63, 3.8) is 0 Å². The fraction of sp³-hybridized carbons (Fsp3) is 0.781. The van der Waals surface area contributed by atoms with Gasteiger partial charge in [0.2, 0.25) is 0 Å². The molecule has 0 spiro atoms. The molecule has 0 aliphatic heterocycles. The third-order valence-electron chi connectivity index (χ3n) is 6.35. The van der Waals surface area contributed by atoms with E-state index in [9.17, 15) is 4.79 Å². The van der Waals surface area contributed by atoms with Gasteiger partial charge in [-0.05, 0) is 18.6 Å². The molecule has 0 bridgehead atoms. The zero-order valence-electron chi connectivity index (χ0n) is 24.7. The number of benzene rings is 1. The van der Waals surface area contributed by atoms with Crippen molar-refractivity contribution in [2.75, 3.05) is 72.7 Å². The van der Waals surface area contributed by atoms with Gasteiger partial charge < -0.3 is 28.4 Å². The number of ether oxygens (including phenoxy) is 6. The first-order chi connectivity index (χ1) is 19.3. The molecule has 1 aromatic carbocycles. The Hall–Kier alpha value is -1.51. The van der Waals surface area contributed by atoms with Gasteiger partial charge in [0.25, 0.3) is 0 Å². The van der Waals surface area contributed by atoms with Gasteiger partial charge in [-0.1, -0.05) is 102 Å². The van der Waals surface area contributed by atoms with Crippen molar-refractivity contribution in [3.05, 3.63) is 35.9 Å². The lowest BCUT2D eigenvalue weighted by atomic mass is 10.0. The van der Waals surface area contributed by atoms with E-state index in [-0.39, 0.29) is 12.6 Å². The number of hydrogen-bond acceptors (Lipinski definition) is 7. The third-order valence-corrected chi connectivity index (χ3v) is 6.35. The van der Waals surface area contributed by atoms with Gasteiger partial charge in [0.1, 0.15) is 6.61 Å². The molecule has 7 nitrogen and oxygen atoms in total. The average Bonchev–Trinajstić information content (AvgIpc) is 2.96. The Morgan fingerprint density at radius 3 is 1.26 bits per heavy atom. The summed E-state index contributed by atoms with van der Waals surface area (Å²) < 4.78 is 32.7. The largest absolute Gasteiger partial charge is 0.460 e. The Balaban J connectivity index is 1.65. The molecule has 0 aliphatic rings. The Labute approximate surface area is 238 Å². The van der Waals surface area contributed by atoms with Gasteiger partial charge in [0, 0.05) is 6.61 Å². The van der Waals surface area contributed by atoms with Crippen LogP contribution in [0.2, 0.25) is 0 Å². The Morgan fingerprint density at radius 2 is 0.821 bits per heavy atom. The lowest BCUT2D eigenvalue weighted by Gasteiger charge is -2.08. The topological polar surface area (TPSA) is 72.5 Å². The molecular weight excluding hydrogens is 496 g/mol. The van der Waals surface area contributed by atoms with Crippen LogP contribution in [-0.4, -0.2) is 78.6 Å². The second-order valence-corrected chi connectivity index (χ2v) is 9.81. The molecule has 1 aromatic rings. The van der Waals surface area contributed by atoms with Crippen LogP contribution in [0, 0.1) is 0 Å². The van der Waals surface area contributed by atoms with Crippen molar-refractivity contribution in [2.45, 2.75) is 90.4 Å². The van der Waals surface area contributed by atoms with Crippen molar-refractivity contribution in [1.29, 1.82) is 0 Å². The van der Waals surface area contributed by atoms with Gasteiger partial charge in [-0.3, -0.25) is 0 Å². The van der Waals surface area contributed by atoms with Gasteiger partial charge in [-0.25, -0.2) is 4.79 Å². The highest BCUT2D eigenvalue weighted by atomic mass is 16.6. The van der Waals surface area contributed by atoms with Crippen molar-refractivity contribution < 1.29 is 33.2 Å². The zero-order valence-corrected chi connectivity index (χ0v) is 24.7. The van der Waals surface area contributed by atoms with E-state index in [4.69, 9.17) is 28.4 Å². The van der Waals surface area contributed by atoms with Gasteiger partial charge >= 0.3 is 5.97 Å². The summed E-state index contributed by atoms with van der Waals surface area (Å²) in [5, 5.41) is 0. The molecule has 0 N–H and O–H groups in total. The maximum absolute atomic E-state index is 11.8. The van der Waals surface area contributed by atoms with E-state index >= 15 is 0 Å². The van der Waals surface area contributed by atoms with E-state index in [2.05, 4.69) is 6.92 Å². The predicted octanol–water partition coefficient (Wildman–Crippen LogP) is 7.02. The van der Waals surface area contributed by atoms with Crippen LogP contribution < -0.4 is 0 Å². The maximum atomic E-state index is 11.8. The van der Waals surface area contributed by atoms with Gasteiger partial charge in [0.15, 0.2) is 0 Å². The molecule has 1 rings (SSSR count). The Kier molecular flexibility index (Phi) is 26.8. The van der Waals surface area contributed by atoms with E-state index in [0.29, 0.717) is 65.0 Å². The number of unbranched alkanes of at least 4 members (excludes halogenated alkanes) is 12. The van der Waals surface area contributed by atoms with Crippen LogP contribution in [0.3, 0.4) is 0 Å². The van der Waals surface area contributed by atoms with Crippen LogP contribution >= 0.6 is 0 Å². The second kappa shape index (κ2) is 29.5. The number of hydrogen-bond donors (Lipinski definition) is 0. The molecule has 0 aromatic heterocycles. The first kappa shape index (κ1) is 35.5. The van der Waals surface area contributed by atoms with Crippen molar-refractivity contribution >= 4 is 5.97 Å². The molecular formula is C32H56O7. The van der Waals surface area contributed by atoms with E-state index in [1.54, 1.807) is 24.3 Å². The van der Waals surface area contributed by atoms with E-state index in [1.165, 1.54) is 77.0 Å². The minimum Gasteiger partial charge on any atom is -0.460 e. The molecule has 7 heteroatoms. The first-order valence-electron chi connectivity index (χ1n) is 15.5. The summed E-state index contributed by atoms with van der Waals surface area (Å²) in [4.78, 5) is 11.8. The minimum absolute atomic E-state index is 0.224. The summed E-state index contributed by atoms with van der Waals surface area (Å²) in [5.41, 5.74) is 0.541. The minimum atomic E-state index is -0.339. The number of esters is 1. The van der Waals surface area contributed by atoms with Crippen molar-refractivity contribution in [2.24, 2.45) is 0 Å².